The average Bonchev–Trinajstić information content (AvgIpc) is 2.50. The number of hydrogen-bond acceptors (Lipinski definition) is 3. The molecular formula is C15H24FN3O2. The molecule has 0 bridgehead atoms. The van der Waals surface area contributed by atoms with Crippen LogP contribution >= 0.6 is 0 Å². The van der Waals surface area contributed by atoms with Gasteiger partial charge in [0, 0.05) is 27.2 Å². The van der Waals surface area contributed by atoms with Gasteiger partial charge in [0.25, 0.3) is 0 Å². The van der Waals surface area contributed by atoms with E-state index in [4.69, 9.17) is 9.47 Å². The Hall–Kier alpha value is -1.66. The van der Waals surface area contributed by atoms with Crippen LogP contribution in [0.5, 0.6) is 0 Å². The molecule has 0 radical (unpaired) electrons. The Kier molecular flexibility index (Phi) is 9.15. The first-order valence-electron chi connectivity index (χ1n) is 7.02. The number of aliphatic imine (C=N–C) groups is 1. The van der Waals surface area contributed by atoms with E-state index in [2.05, 4.69) is 15.6 Å². The minimum atomic E-state index is -0.172. The van der Waals surface area contributed by atoms with Crippen LogP contribution in [0.1, 0.15) is 5.56 Å². The minimum absolute atomic E-state index is 0.172. The summed E-state index contributed by atoms with van der Waals surface area (Å²) in [5.74, 6) is 0.510. The third-order valence-electron chi connectivity index (χ3n) is 2.84. The fourth-order valence-electron chi connectivity index (χ4n) is 1.72. The molecule has 0 aliphatic rings. The zero-order valence-corrected chi connectivity index (χ0v) is 12.7. The van der Waals surface area contributed by atoms with Gasteiger partial charge in [-0.05, 0) is 18.1 Å². The quantitative estimate of drug-likeness (QED) is 0.408. The SMILES string of the molecule is CN=C(NCCOCCOC)NCCc1ccccc1F. The lowest BCUT2D eigenvalue weighted by molar-refractivity contribution is 0.0733. The van der Waals surface area contributed by atoms with Crippen molar-refractivity contribution < 1.29 is 13.9 Å². The molecule has 1 aromatic rings. The van der Waals surface area contributed by atoms with Gasteiger partial charge in [-0.3, -0.25) is 4.99 Å². The van der Waals surface area contributed by atoms with Gasteiger partial charge in [-0.25, -0.2) is 4.39 Å². The molecule has 1 rings (SSSR count). The second-order valence-electron chi connectivity index (χ2n) is 4.37. The highest BCUT2D eigenvalue weighted by Crippen LogP contribution is 2.05. The first-order valence-corrected chi connectivity index (χ1v) is 7.02. The second-order valence-corrected chi connectivity index (χ2v) is 4.37. The average molecular weight is 297 g/mol. The molecule has 0 aliphatic heterocycles. The molecule has 21 heavy (non-hydrogen) atoms. The smallest absolute Gasteiger partial charge is 0.191 e. The van der Waals surface area contributed by atoms with E-state index in [0.29, 0.717) is 50.9 Å². The van der Waals surface area contributed by atoms with Crippen molar-refractivity contribution in [2.45, 2.75) is 6.42 Å². The van der Waals surface area contributed by atoms with Crippen molar-refractivity contribution >= 4 is 5.96 Å². The predicted molar refractivity (Wildman–Crippen MR) is 82.2 cm³/mol. The van der Waals surface area contributed by atoms with Gasteiger partial charge in [0.15, 0.2) is 5.96 Å². The molecule has 118 valence electrons. The van der Waals surface area contributed by atoms with Crippen molar-refractivity contribution in [1.82, 2.24) is 10.6 Å². The summed E-state index contributed by atoms with van der Waals surface area (Å²) in [4.78, 5) is 4.10. The number of hydrogen-bond donors (Lipinski definition) is 2. The van der Waals surface area contributed by atoms with E-state index in [1.165, 1.54) is 6.07 Å². The van der Waals surface area contributed by atoms with Crippen molar-refractivity contribution in [1.29, 1.82) is 0 Å². The van der Waals surface area contributed by atoms with Crippen molar-refractivity contribution in [2.75, 3.05) is 47.1 Å². The molecule has 5 nitrogen and oxygen atoms in total. The van der Waals surface area contributed by atoms with Gasteiger partial charge >= 0.3 is 0 Å². The summed E-state index contributed by atoms with van der Waals surface area (Å²) >= 11 is 0. The van der Waals surface area contributed by atoms with Crippen molar-refractivity contribution in [3.05, 3.63) is 35.6 Å². The number of guanidine groups is 1. The maximum Gasteiger partial charge on any atom is 0.191 e. The van der Waals surface area contributed by atoms with E-state index in [0.717, 1.165) is 0 Å². The van der Waals surface area contributed by atoms with Gasteiger partial charge in [-0.1, -0.05) is 18.2 Å². The number of halogens is 1. The largest absolute Gasteiger partial charge is 0.382 e. The Labute approximate surface area is 125 Å². The molecule has 2 N–H and O–H groups in total. The Bertz CT molecular complexity index is 427. The second kappa shape index (κ2) is 11.0. The number of nitrogens with zero attached hydrogens (tertiary/aromatic N) is 1. The molecule has 1 aromatic carbocycles. The number of nitrogens with one attached hydrogen (secondary N) is 2. The summed E-state index contributed by atoms with van der Waals surface area (Å²) in [6.07, 6.45) is 0.609. The van der Waals surface area contributed by atoms with Gasteiger partial charge in [-0.2, -0.15) is 0 Å². The molecule has 0 heterocycles. The first-order chi connectivity index (χ1) is 10.3. The van der Waals surface area contributed by atoms with E-state index in [-0.39, 0.29) is 5.82 Å². The lowest BCUT2D eigenvalue weighted by atomic mass is 10.1. The van der Waals surface area contributed by atoms with Crippen molar-refractivity contribution in [3.8, 4) is 0 Å². The van der Waals surface area contributed by atoms with Crippen molar-refractivity contribution in [2.24, 2.45) is 4.99 Å². The minimum Gasteiger partial charge on any atom is -0.382 e. The molecule has 0 aromatic heterocycles. The summed E-state index contributed by atoms with van der Waals surface area (Å²) in [6.45, 7) is 3.03. The van der Waals surface area contributed by atoms with Gasteiger partial charge < -0.3 is 20.1 Å². The highest BCUT2D eigenvalue weighted by Gasteiger charge is 2.01. The molecule has 6 heteroatoms. The van der Waals surface area contributed by atoms with Crippen LogP contribution < -0.4 is 10.6 Å². The summed E-state index contributed by atoms with van der Waals surface area (Å²) in [5.41, 5.74) is 0.698. The van der Waals surface area contributed by atoms with Gasteiger partial charge in [0.1, 0.15) is 5.82 Å². The molecular weight excluding hydrogens is 273 g/mol. The van der Waals surface area contributed by atoms with Crippen LogP contribution in [0.15, 0.2) is 29.3 Å². The Morgan fingerprint density at radius 2 is 1.90 bits per heavy atom. The first kappa shape index (κ1) is 17.4. The van der Waals surface area contributed by atoms with Crippen LogP contribution in [0.2, 0.25) is 0 Å². The third kappa shape index (κ3) is 7.63. The third-order valence-corrected chi connectivity index (χ3v) is 2.84. The standard InChI is InChI=1S/C15H24FN3O2/c1-17-15(19-9-10-21-12-11-20-2)18-8-7-13-5-3-4-6-14(13)16/h3-6H,7-12H2,1-2H3,(H2,17,18,19). The maximum absolute atomic E-state index is 13.4. The molecule has 0 aliphatic carbocycles. The summed E-state index contributed by atoms with van der Waals surface area (Å²) in [5, 5.41) is 6.27. The van der Waals surface area contributed by atoms with Crippen LogP contribution in [0.3, 0.4) is 0 Å². The maximum atomic E-state index is 13.4. The predicted octanol–water partition coefficient (Wildman–Crippen LogP) is 1.20. The number of benzene rings is 1. The van der Waals surface area contributed by atoms with Crippen LogP contribution in [0, 0.1) is 5.82 Å². The fraction of sp³-hybridized carbons (Fsp3) is 0.533. The number of methoxy groups -OCH3 is 1. The molecule has 0 unspecified atom stereocenters. The number of rotatable bonds is 9. The van der Waals surface area contributed by atoms with E-state index in [1.807, 2.05) is 6.07 Å². The summed E-state index contributed by atoms with van der Waals surface area (Å²) < 4.78 is 23.7. The molecule has 0 amide bonds. The van der Waals surface area contributed by atoms with E-state index in [1.54, 1.807) is 26.3 Å². The lowest BCUT2D eigenvalue weighted by Crippen LogP contribution is -2.40. The Morgan fingerprint density at radius 1 is 1.14 bits per heavy atom. The van der Waals surface area contributed by atoms with Crippen molar-refractivity contribution in [3.63, 3.8) is 0 Å². The van der Waals surface area contributed by atoms with Crippen LogP contribution in [0.4, 0.5) is 4.39 Å². The zero-order valence-electron chi connectivity index (χ0n) is 12.7. The lowest BCUT2D eigenvalue weighted by Gasteiger charge is -2.12. The molecule has 0 saturated heterocycles. The van der Waals surface area contributed by atoms with Gasteiger partial charge in [0.05, 0.1) is 19.8 Å². The Morgan fingerprint density at radius 3 is 2.62 bits per heavy atom. The van der Waals surface area contributed by atoms with Gasteiger partial charge in [-0.15, -0.1) is 0 Å². The molecule has 0 spiro atoms. The topological polar surface area (TPSA) is 54.9 Å². The summed E-state index contributed by atoms with van der Waals surface area (Å²) in [7, 11) is 3.34. The highest BCUT2D eigenvalue weighted by atomic mass is 19.1. The van der Waals surface area contributed by atoms with E-state index < -0.39 is 0 Å². The highest BCUT2D eigenvalue weighted by molar-refractivity contribution is 5.79. The Balaban J connectivity index is 2.16. The monoisotopic (exact) mass is 297 g/mol. The zero-order chi connectivity index (χ0) is 15.3. The molecule has 0 fully saturated rings. The summed E-state index contributed by atoms with van der Waals surface area (Å²) in [6, 6.07) is 6.79. The molecule has 0 atom stereocenters. The van der Waals surface area contributed by atoms with E-state index in [9.17, 15) is 4.39 Å². The molecule has 0 saturated carbocycles. The fourth-order valence-corrected chi connectivity index (χ4v) is 1.72. The van der Waals surface area contributed by atoms with Crippen LogP contribution in [0.25, 0.3) is 0 Å². The van der Waals surface area contributed by atoms with Crippen LogP contribution in [-0.4, -0.2) is 53.0 Å². The van der Waals surface area contributed by atoms with Gasteiger partial charge in [0.2, 0.25) is 0 Å². The van der Waals surface area contributed by atoms with E-state index >= 15 is 0 Å². The number of ether oxygens (including phenoxy) is 2. The van der Waals surface area contributed by atoms with Crippen LogP contribution in [-0.2, 0) is 15.9 Å². The normalized spacial score (nSPS) is 11.5.